The van der Waals surface area contributed by atoms with Crippen LogP contribution in [0.3, 0.4) is 0 Å². The topological polar surface area (TPSA) is 86.8 Å². The first kappa shape index (κ1) is 31.2. The number of hydrogen-bond donors (Lipinski definition) is 1. The molecule has 3 rings (SSSR count). The van der Waals surface area contributed by atoms with Crippen molar-refractivity contribution in [1.82, 2.24) is 10.2 Å². The van der Waals surface area contributed by atoms with Crippen LogP contribution in [-0.4, -0.2) is 43.8 Å². The Kier molecular flexibility index (Phi) is 10.8. The fraction of sp³-hybridized carbons (Fsp3) is 0.355. The second kappa shape index (κ2) is 13.8. The Bertz CT molecular complexity index is 1410. The van der Waals surface area contributed by atoms with Gasteiger partial charge in [0.2, 0.25) is 11.8 Å². The molecule has 2 amide bonds. The van der Waals surface area contributed by atoms with E-state index in [1.54, 1.807) is 54.6 Å². The van der Waals surface area contributed by atoms with Gasteiger partial charge in [-0.2, -0.15) is 0 Å². The molecule has 7 nitrogen and oxygen atoms in total. The minimum atomic E-state index is -4.10. The van der Waals surface area contributed by atoms with Gasteiger partial charge in [0.1, 0.15) is 12.6 Å². The Labute approximate surface area is 243 Å². The van der Waals surface area contributed by atoms with Gasteiger partial charge in [0.15, 0.2) is 0 Å². The van der Waals surface area contributed by atoms with Crippen LogP contribution < -0.4 is 9.62 Å². The number of aryl methyl sites for hydroxylation is 2. The molecule has 2 unspecified atom stereocenters. The molecule has 1 N–H and O–H groups in total. The Balaban J connectivity index is 2.05. The highest BCUT2D eigenvalue weighted by Crippen LogP contribution is 2.26. The molecule has 0 aliphatic carbocycles. The third-order valence-corrected chi connectivity index (χ3v) is 8.87. The number of carbonyl (C=O) groups excluding carboxylic acids is 2. The van der Waals surface area contributed by atoms with E-state index >= 15 is 0 Å². The summed E-state index contributed by atoms with van der Waals surface area (Å²) in [5, 5.41) is 3.53. The van der Waals surface area contributed by atoms with Crippen LogP contribution in [-0.2, 0) is 26.2 Å². The second-order valence-corrected chi connectivity index (χ2v) is 12.4. The molecule has 214 valence electrons. The molecular weight excluding hydrogens is 546 g/mol. The molecular formula is C31H38ClN3O4S. The van der Waals surface area contributed by atoms with Gasteiger partial charge in [0.05, 0.1) is 10.6 Å². The van der Waals surface area contributed by atoms with E-state index in [0.29, 0.717) is 17.1 Å². The van der Waals surface area contributed by atoms with Crippen LogP contribution in [0.25, 0.3) is 0 Å². The predicted molar refractivity (Wildman–Crippen MR) is 161 cm³/mol. The first-order valence-corrected chi connectivity index (χ1v) is 15.3. The Hall–Kier alpha value is -3.36. The predicted octanol–water partition coefficient (Wildman–Crippen LogP) is 5.87. The van der Waals surface area contributed by atoms with E-state index in [1.807, 2.05) is 40.7 Å². The van der Waals surface area contributed by atoms with Gasteiger partial charge in [-0.25, -0.2) is 8.42 Å². The third kappa shape index (κ3) is 7.86. The molecule has 0 fully saturated rings. The maximum atomic E-state index is 14.1. The number of benzene rings is 3. The van der Waals surface area contributed by atoms with Crippen molar-refractivity contribution in [3.63, 3.8) is 0 Å². The first-order valence-electron chi connectivity index (χ1n) is 13.5. The summed E-state index contributed by atoms with van der Waals surface area (Å²) in [6.07, 6.45) is 1.10. The summed E-state index contributed by atoms with van der Waals surface area (Å²) in [5.74, 6) is -0.763. The van der Waals surface area contributed by atoms with E-state index in [1.165, 1.54) is 17.0 Å². The van der Waals surface area contributed by atoms with Gasteiger partial charge >= 0.3 is 0 Å². The number of anilines is 1. The average Bonchev–Trinajstić information content (AvgIpc) is 2.92. The van der Waals surface area contributed by atoms with Crippen LogP contribution in [0, 0.1) is 13.8 Å². The molecule has 0 spiro atoms. The zero-order valence-corrected chi connectivity index (χ0v) is 25.3. The van der Waals surface area contributed by atoms with E-state index in [-0.39, 0.29) is 23.4 Å². The van der Waals surface area contributed by atoms with E-state index in [4.69, 9.17) is 11.6 Å². The van der Waals surface area contributed by atoms with E-state index in [0.717, 1.165) is 27.4 Å². The molecule has 0 saturated carbocycles. The summed E-state index contributed by atoms with van der Waals surface area (Å²) in [7, 11) is -4.10. The number of sulfonamides is 1. The number of amides is 2. The fourth-order valence-electron chi connectivity index (χ4n) is 4.30. The number of carbonyl (C=O) groups is 2. The summed E-state index contributed by atoms with van der Waals surface area (Å²) < 4.78 is 29.0. The molecule has 0 saturated heterocycles. The van der Waals surface area contributed by atoms with Gasteiger partial charge < -0.3 is 10.2 Å². The van der Waals surface area contributed by atoms with Crippen molar-refractivity contribution >= 4 is 39.1 Å². The SMILES string of the molecule is CCC(C)NC(=O)C(CC)N(Cc1ccc(Cl)cc1)C(=O)CN(c1cccc(C)c1)S(=O)(=O)c1ccc(C)cc1. The van der Waals surface area contributed by atoms with Crippen molar-refractivity contribution in [2.45, 2.75) is 71.0 Å². The quantitative estimate of drug-likeness (QED) is 0.289. The van der Waals surface area contributed by atoms with Crippen molar-refractivity contribution in [3.8, 4) is 0 Å². The summed E-state index contributed by atoms with van der Waals surface area (Å²) >= 11 is 6.07. The highest BCUT2D eigenvalue weighted by atomic mass is 35.5. The normalized spacial score (nSPS) is 12.8. The van der Waals surface area contributed by atoms with E-state index in [2.05, 4.69) is 5.32 Å². The molecule has 0 aliphatic rings. The standard InChI is InChI=1S/C31H38ClN3O4S/c1-6-24(5)33-31(37)29(7-2)34(20-25-13-15-26(32)16-14-25)30(36)21-35(27-10-8-9-23(4)19-27)40(38,39)28-17-11-22(3)12-18-28/h8-19,24,29H,6-7,20-21H2,1-5H3,(H,33,37). The zero-order valence-electron chi connectivity index (χ0n) is 23.7. The Morgan fingerprint density at radius 1 is 0.900 bits per heavy atom. The molecule has 3 aromatic carbocycles. The number of hydrogen-bond acceptors (Lipinski definition) is 4. The minimum absolute atomic E-state index is 0.0697. The smallest absolute Gasteiger partial charge is 0.264 e. The largest absolute Gasteiger partial charge is 0.352 e. The van der Waals surface area contributed by atoms with Crippen LogP contribution in [0.5, 0.6) is 0 Å². The van der Waals surface area contributed by atoms with Gasteiger partial charge in [0.25, 0.3) is 10.0 Å². The highest BCUT2D eigenvalue weighted by molar-refractivity contribution is 7.92. The Morgan fingerprint density at radius 2 is 1.55 bits per heavy atom. The summed E-state index contributed by atoms with van der Waals surface area (Å²) in [6.45, 7) is 9.10. The van der Waals surface area contributed by atoms with Crippen molar-refractivity contribution < 1.29 is 18.0 Å². The van der Waals surface area contributed by atoms with Crippen LogP contribution in [0.2, 0.25) is 5.02 Å². The van der Waals surface area contributed by atoms with Gasteiger partial charge in [0, 0.05) is 17.6 Å². The summed E-state index contributed by atoms with van der Waals surface area (Å²) in [6, 6.07) is 19.7. The lowest BCUT2D eigenvalue weighted by Gasteiger charge is -2.33. The molecule has 3 aromatic rings. The summed E-state index contributed by atoms with van der Waals surface area (Å²) in [5.41, 5.74) is 2.92. The molecule has 0 radical (unpaired) electrons. The highest BCUT2D eigenvalue weighted by Gasteiger charge is 2.34. The maximum absolute atomic E-state index is 14.1. The average molecular weight is 584 g/mol. The third-order valence-electron chi connectivity index (χ3n) is 6.83. The van der Waals surface area contributed by atoms with E-state index < -0.39 is 28.5 Å². The van der Waals surface area contributed by atoms with Gasteiger partial charge in [-0.3, -0.25) is 13.9 Å². The monoisotopic (exact) mass is 583 g/mol. The zero-order chi connectivity index (χ0) is 29.4. The molecule has 9 heteroatoms. The van der Waals surface area contributed by atoms with Crippen molar-refractivity contribution in [2.75, 3.05) is 10.8 Å². The van der Waals surface area contributed by atoms with Gasteiger partial charge in [-0.15, -0.1) is 0 Å². The molecule has 40 heavy (non-hydrogen) atoms. The molecule has 0 aliphatic heterocycles. The van der Waals surface area contributed by atoms with Crippen LogP contribution in [0.1, 0.15) is 50.3 Å². The van der Waals surface area contributed by atoms with Crippen molar-refractivity contribution in [2.24, 2.45) is 0 Å². The van der Waals surface area contributed by atoms with Crippen molar-refractivity contribution in [3.05, 3.63) is 94.5 Å². The lowest BCUT2D eigenvalue weighted by Crippen LogP contribution is -2.53. The molecule has 0 heterocycles. The van der Waals surface area contributed by atoms with E-state index in [9.17, 15) is 18.0 Å². The van der Waals surface area contributed by atoms with Crippen LogP contribution in [0.4, 0.5) is 5.69 Å². The minimum Gasteiger partial charge on any atom is -0.352 e. The number of nitrogens with one attached hydrogen (secondary N) is 1. The molecule has 0 bridgehead atoms. The molecule has 2 atom stereocenters. The van der Waals surface area contributed by atoms with Crippen LogP contribution >= 0.6 is 11.6 Å². The lowest BCUT2D eigenvalue weighted by molar-refractivity contribution is -0.140. The fourth-order valence-corrected chi connectivity index (χ4v) is 5.83. The van der Waals surface area contributed by atoms with Gasteiger partial charge in [-0.1, -0.05) is 67.4 Å². The number of rotatable bonds is 12. The summed E-state index contributed by atoms with van der Waals surface area (Å²) in [4.78, 5) is 29.0. The Morgan fingerprint density at radius 3 is 2.12 bits per heavy atom. The first-order chi connectivity index (χ1) is 19.0. The number of nitrogens with zero attached hydrogens (tertiary/aromatic N) is 2. The number of halogens is 1. The second-order valence-electron chi connectivity index (χ2n) is 10.1. The maximum Gasteiger partial charge on any atom is 0.264 e. The molecule has 0 aromatic heterocycles. The van der Waals surface area contributed by atoms with Gasteiger partial charge in [-0.05, 0) is 81.1 Å². The van der Waals surface area contributed by atoms with Crippen molar-refractivity contribution in [1.29, 1.82) is 0 Å². The lowest BCUT2D eigenvalue weighted by atomic mass is 10.1. The van der Waals surface area contributed by atoms with Crippen LogP contribution in [0.15, 0.2) is 77.7 Å².